The van der Waals surface area contributed by atoms with E-state index in [0.29, 0.717) is 0 Å². The zero-order valence-corrected chi connectivity index (χ0v) is 19.7. The smallest absolute Gasteiger partial charge is 0.251 e. The van der Waals surface area contributed by atoms with Crippen molar-refractivity contribution in [1.82, 2.24) is 0 Å². The summed E-state index contributed by atoms with van der Waals surface area (Å²) in [6, 6.07) is 0. The van der Waals surface area contributed by atoms with Gasteiger partial charge in [-0.3, -0.25) is 4.74 Å². The van der Waals surface area contributed by atoms with Crippen LogP contribution in [0.4, 0.5) is 114 Å². The molecule has 2 atom stereocenters. The molecule has 0 heterocycles. The maximum absolute atomic E-state index is 15.5. The van der Waals surface area contributed by atoms with Crippen LogP contribution in [0.25, 0.3) is 0 Å². The van der Waals surface area contributed by atoms with Crippen LogP contribution in [0.2, 0.25) is 0 Å². The van der Waals surface area contributed by atoms with E-state index in [1.807, 2.05) is 0 Å². The highest BCUT2D eigenvalue weighted by Gasteiger charge is 3.16. The first-order valence-electron chi connectivity index (χ1n) is 10.3. The van der Waals surface area contributed by atoms with Crippen molar-refractivity contribution in [1.29, 1.82) is 0 Å². The van der Waals surface area contributed by atoms with Gasteiger partial charge in [0.15, 0.2) is 5.41 Å². The summed E-state index contributed by atoms with van der Waals surface area (Å²) in [4.78, 5) is 0. The van der Waals surface area contributed by atoms with Gasteiger partial charge >= 0.3 is 42.5 Å². The lowest BCUT2D eigenvalue weighted by Crippen LogP contribution is -2.99. The van der Waals surface area contributed by atoms with Gasteiger partial charge in [0, 0.05) is 0 Å². The van der Waals surface area contributed by atoms with Gasteiger partial charge in [-0.2, -0.15) is 35.1 Å². The fourth-order valence-electron chi connectivity index (χ4n) is 5.29. The first kappa shape index (κ1) is 39.3. The van der Waals surface area contributed by atoms with E-state index in [4.69, 9.17) is 0 Å². The highest BCUT2D eigenvalue weighted by molar-refractivity contribution is 5.43. The average Bonchev–Trinajstić information content (AvgIpc) is 2.73. The maximum atomic E-state index is 15.5. The molecule has 0 N–H and O–H groups in total. The molecule has 2 saturated carbocycles. The molecule has 0 aromatic heterocycles. The molecule has 0 aromatic rings. The van der Waals surface area contributed by atoms with E-state index in [2.05, 4.69) is 0 Å². The van der Waals surface area contributed by atoms with Gasteiger partial charge in [-0.05, 0) is 0 Å². The van der Waals surface area contributed by atoms with E-state index >= 15 is 48.3 Å². The zero-order valence-electron chi connectivity index (χ0n) is 19.7. The molecule has 45 heavy (non-hydrogen) atoms. The van der Waals surface area contributed by atoms with Gasteiger partial charge in [-0.1, -0.05) is 0 Å². The topological polar surface area (TPSA) is 18.5 Å². The molecule has 2 bridgehead atoms. The van der Waals surface area contributed by atoms with E-state index < -0.39 is 102 Å². The van der Waals surface area contributed by atoms with Gasteiger partial charge < -0.3 is 0 Å². The van der Waals surface area contributed by atoms with E-state index in [1.165, 1.54) is 4.74 Å². The molecular weight excluding hydrogens is 730 g/mol. The molecule has 268 valence electrons. The third-order valence-electron chi connectivity index (χ3n) is 7.43. The minimum Gasteiger partial charge on any atom is -0.251 e. The van der Waals surface area contributed by atoms with Crippen LogP contribution < -0.4 is 0 Å². The molecule has 0 aromatic carbocycles. The number of ether oxygens (including phenoxy) is 2. The molecule has 0 amide bonds. The third-order valence-corrected chi connectivity index (χ3v) is 7.43. The second-order valence-electron chi connectivity index (χ2n) is 9.18. The van der Waals surface area contributed by atoms with E-state index in [0.717, 1.165) is 0 Å². The highest BCUT2D eigenvalue weighted by atomic mass is 19.4. The lowest BCUT2D eigenvalue weighted by molar-refractivity contribution is -0.607. The summed E-state index contributed by atoms with van der Waals surface area (Å²) in [5, 5.41) is 0. The van der Waals surface area contributed by atoms with Crippen LogP contribution in [0.1, 0.15) is 0 Å². The van der Waals surface area contributed by atoms with Gasteiger partial charge in [0.05, 0.1) is 0 Å². The SMILES string of the molecule is FCC1(C(F)F)C(F)(F)C2(C(F)F)C(F)(F)C(F)(C(F)(F)OC(F)(F)C(F)(F)OC(F)F)C(F)(F)C(C(F)F)(C1(F)F)C2(F)F. The molecule has 0 saturated heterocycles. The molecule has 28 heteroatoms. The summed E-state index contributed by atoms with van der Waals surface area (Å²) in [7, 11) is 0. The van der Waals surface area contributed by atoms with Gasteiger partial charge in [0.1, 0.15) is 6.67 Å². The minimum atomic E-state index is -9.51. The molecule has 2 fully saturated rings. The molecule has 0 aliphatic heterocycles. The first-order chi connectivity index (χ1) is 19.5. The molecule has 2 rings (SSSR count). The molecule has 0 spiro atoms. The van der Waals surface area contributed by atoms with Gasteiger partial charge in [-0.15, -0.1) is 0 Å². The van der Waals surface area contributed by atoms with Crippen LogP contribution in [0.3, 0.4) is 0 Å². The second kappa shape index (κ2) is 9.82. The van der Waals surface area contributed by atoms with Crippen LogP contribution in [0.5, 0.6) is 0 Å². The Morgan fingerprint density at radius 2 is 0.800 bits per heavy atom. The quantitative estimate of drug-likeness (QED) is 0.209. The summed E-state index contributed by atoms with van der Waals surface area (Å²) in [6.45, 7) is -10.2. The predicted octanol–water partition coefficient (Wildman–Crippen LogP) is 8.66. The molecule has 2 nitrogen and oxygen atoms in total. The van der Waals surface area contributed by atoms with E-state index in [1.54, 1.807) is 4.74 Å². The summed E-state index contributed by atoms with van der Waals surface area (Å²) < 4.78 is 374. The molecule has 2 aliphatic carbocycles. The molecule has 2 unspecified atom stereocenters. The number of fused-ring (bicyclic) bond motifs is 2. The predicted molar refractivity (Wildman–Crippen MR) is 82.9 cm³/mol. The minimum absolute atomic E-state index is 1.19. The van der Waals surface area contributed by atoms with E-state index in [9.17, 15) is 65.9 Å². The van der Waals surface area contributed by atoms with E-state index in [-0.39, 0.29) is 0 Å². The highest BCUT2D eigenvalue weighted by Crippen LogP contribution is 2.89. The summed E-state index contributed by atoms with van der Waals surface area (Å²) >= 11 is 0. The normalized spacial score (nSPS) is 35.9. The Bertz CT molecular complexity index is 1080. The summed E-state index contributed by atoms with van der Waals surface area (Å²) in [6.07, 6.45) is -46.0. The summed E-state index contributed by atoms with van der Waals surface area (Å²) in [5.74, 6) is -45.5. The van der Waals surface area contributed by atoms with Crippen molar-refractivity contribution in [2.24, 2.45) is 16.2 Å². The van der Waals surface area contributed by atoms with Crippen molar-refractivity contribution in [3.8, 4) is 0 Å². The van der Waals surface area contributed by atoms with Crippen molar-refractivity contribution >= 4 is 0 Å². The van der Waals surface area contributed by atoms with Crippen LogP contribution in [-0.4, -0.2) is 86.2 Å². The second-order valence-corrected chi connectivity index (χ2v) is 9.18. The number of halogens is 26. The Morgan fingerprint density at radius 1 is 0.467 bits per heavy atom. The third kappa shape index (κ3) is 3.55. The Labute approximate surface area is 227 Å². The molecule has 0 radical (unpaired) electrons. The number of alkyl halides is 26. The van der Waals surface area contributed by atoms with Crippen LogP contribution >= 0.6 is 0 Å². The standard InChI is InChI=1S/C17H6F26O2/c18-1-6(2(19)20)10(28,29)7(3(21)22)12(32,33)8(4(23)24,11(6,30)31)14(36,37)9(27,13(7,34)35)15(38,39)45-17(42,43)16(40,41)44-5(25)26/h2-5H,1H2. The lowest BCUT2D eigenvalue weighted by Gasteiger charge is -2.72. The van der Waals surface area contributed by atoms with Crippen molar-refractivity contribution < 1.29 is 124 Å². The number of hydrogen-bond acceptors (Lipinski definition) is 2. The van der Waals surface area contributed by atoms with Crippen LogP contribution in [0, 0.1) is 16.2 Å². The van der Waals surface area contributed by atoms with Crippen LogP contribution in [-0.2, 0) is 9.47 Å². The Hall–Kier alpha value is -1.90. The maximum Gasteiger partial charge on any atom is 0.453 e. The van der Waals surface area contributed by atoms with Gasteiger partial charge in [0.25, 0.3) is 37.0 Å². The lowest BCUT2D eigenvalue weighted by atomic mass is 9.37. The Kier molecular flexibility index (Phi) is 8.57. The van der Waals surface area contributed by atoms with Crippen LogP contribution in [0.15, 0.2) is 0 Å². The Morgan fingerprint density at radius 3 is 1.04 bits per heavy atom. The van der Waals surface area contributed by atoms with Crippen molar-refractivity contribution in [2.45, 2.75) is 79.5 Å². The van der Waals surface area contributed by atoms with Crippen molar-refractivity contribution in [3.05, 3.63) is 0 Å². The average molecular weight is 736 g/mol. The van der Waals surface area contributed by atoms with Gasteiger partial charge in [0.2, 0.25) is 10.8 Å². The largest absolute Gasteiger partial charge is 0.453 e. The fourth-order valence-corrected chi connectivity index (χ4v) is 5.29. The number of rotatable bonds is 10. The fraction of sp³-hybridized carbons (Fsp3) is 1.00. The summed E-state index contributed by atoms with van der Waals surface area (Å²) in [5.41, 5.74) is -35.1. The molecular formula is C17H6F26O2. The Balaban J connectivity index is 3.40. The first-order valence-corrected chi connectivity index (χ1v) is 10.3. The molecule has 2 aliphatic rings. The number of hydrogen-bond donors (Lipinski definition) is 0. The zero-order chi connectivity index (χ0) is 36.4. The van der Waals surface area contributed by atoms with Crippen molar-refractivity contribution in [2.75, 3.05) is 6.67 Å². The van der Waals surface area contributed by atoms with Crippen molar-refractivity contribution in [3.63, 3.8) is 0 Å². The monoisotopic (exact) mass is 736 g/mol. The van der Waals surface area contributed by atoms with Gasteiger partial charge in [-0.25, -0.2) is 83.8 Å².